The Bertz CT molecular complexity index is 543. The number of pyridine rings is 1. The first-order valence-corrected chi connectivity index (χ1v) is 5.73. The first kappa shape index (κ1) is 9.17. The molecular weight excluding hydrogens is 303 g/mol. The van der Waals surface area contributed by atoms with Crippen molar-refractivity contribution in [3.05, 3.63) is 40.0 Å². The number of fused-ring (bicyclic) bond motifs is 1. The zero-order valence-electron chi connectivity index (χ0n) is 7.87. The van der Waals surface area contributed by atoms with Crippen LogP contribution in [-0.2, 0) is 0 Å². The van der Waals surface area contributed by atoms with Crippen LogP contribution in [0.15, 0.2) is 30.7 Å². The predicted octanol–water partition coefficient (Wildman–Crippen LogP) is 1.39. The third kappa shape index (κ3) is 1.51. The second-order valence-corrected chi connectivity index (χ2v) is 4.50. The molecule has 3 heterocycles. The summed E-state index contributed by atoms with van der Waals surface area (Å²) in [6.45, 7) is 0.858. The van der Waals surface area contributed by atoms with Crippen LogP contribution in [0.4, 0.5) is 0 Å². The van der Waals surface area contributed by atoms with Gasteiger partial charge in [0.2, 0.25) is 0 Å². The molecule has 0 radical (unpaired) electrons. The lowest BCUT2D eigenvalue weighted by Gasteiger charge is -2.02. The van der Waals surface area contributed by atoms with E-state index in [2.05, 4.69) is 55.1 Å². The van der Waals surface area contributed by atoms with Crippen molar-refractivity contribution in [2.75, 3.05) is 6.54 Å². The molecule has 2 aromatic rings. The standard InChI is InChI=1S/C10H9IN4/c11-9-5-12-10-2-1-7(6-15(9)10)8-3-13-14-4-8/h1-3,5-6,13-14H,4H2. The lowest BCUT2D eigenvalue weighted by molar-refractivity contribution is 0.729. The summed E-state index contributed by atoms with van der Waals surface area (Å²) in [7, 11) is 0. The minimum Gasteiger partial charge on any atom is -0.328 e. The van der Waals surface area contributed by atoms with Crippen LogP contribution in [0.25, 0.3) is 11.2 Å². The number of halogens is 1. The highest BCUT2D eigenvalue weighted by atomic mass is 127. The van der Waals surface area contributed by atoms with Crippen molar-refractivity contribution in [1.29, 1.82) is 0 Å². The lowest BCUT2D eigenvalue weighted by atomic mass is 10.1. The monoisotopic (exact) mass is 312 g/mol. The number of hydrogen-bond donors (Lipinski definition) is 2. The highest BCUT2D eigenvalue weighted by molar-refractivity contribution is 14.1. The van der Waals surface area contributed by atoms with Gasteiger partial charge in [-0.15, -0.1) is 0 Å². The molecule has 0 aromatic carbocycles. The molecular formula is C10H9IN4. The third-order valence-corrected chi connectivity index (χ3v) is 3.26. The zero-order chi connectivity index (χ0) is 10.3. The Morgan fingerprint density at radius 3 is 3.13 bits per heavy atom. The first-order chi connectivity index (χ1) is 7.34. The van der Waals surface area contributed by atoms with Crippen molar-refractivity contribution >= 4 is 33.8 Å². The van der Waals surface area contributed by atoms with Crippen LogP contribution >= 0.6 is 22.6 Å². The molecule has 0 amide bonds. The van der Waals surface area contributed by atoms with Crippen LogP contribution in [0.1, 0.15) is 5.56 Å². The number of hydrazine groups is 1. The first-order valence-electron chi connectivity index (χ1n) is 4.65. The van der Waals surface area contributed by atoms with Gasteiger partial charge in [-0.3, -0.25) is 4.40 Å². The second kappa shape index (κ2) is 3.49. The molecule has 2 N–H and O–H groups in total. The Hall–Kier alpha value is -1.08. The van der Waals surface area contributed by atoms with E-state index in [-0.39, 0.29) is 0 Å². The van der Waals surface area contributed by atoms with Gasteiger partial charge in [-0.05, 0) is 45.9 Å². The van der Waals surface area contributed by atoms with Crippen LogP contribution in [0, 0.1) is 3.70 Å². The van der Waals surface area contributed by atoms with Gasteiger partial charge in [0.15, 0.2) is 0 Å². The van der Waals surface area contributed by atoms with Crippen molar-refractivity contribution in [2.45, 2.75) is 0 Å². The van der Waals surface area contributed by atoms with Gasteiger partial charge in [0, 0.05) is 18.9 Å². The summed E-state index contributed by atoms with van der Waals surface area (Å²) >= 11 is 2.28. The Labute approximate surface area is 101 Å². The van der Waals surface area contributed by atoms with E-state index in [0.29, 0.717) is 0 Å². The topological polar surface area (TPSA) is 41.4 Å². The maximum Gasteiger partial charge on any atom is 0.137 e. The van der Waals surface area contributed by atoms with Gasteiger partial charge in [0.1, 0.15) is 9.35 Å². The molecule has 1 aliphatic rings. The fraction of sp³-hybridized carbons (Fsp3) is 0.100. The highest BCUT2D eigenvalue weighted by Crippen LogP contribution is 2.17. The normalized spacial score (nSPS) is 15.4. The van der Waals surface area contributed by atoms with Gasteiger partial charge in [-0.25, -0.2) is 10.4 Å². The molecule has 0 aliphatic carbocycles. The Morgan fingerprint density at radius 1 is 1.40 bits per heavy atom. The maximum absolute atomic E-state index is 4.29. The molecule has 0 bridgehead atoms. The van der Waals surface area contributed by atoms with Gasteiger partial charge in [0.25, 0.3) is 0 Å². The molecule has 0 saturated carbocycles. The van der Waals surface area contributed by atoms with E-state index in [1.807, 2.05) is 18.5 Å². The second-order valence-electron chi connectivity index (χ2n) is 3.39. The number of rotatable bonds is 1. The number of aromatic nitrogens is 2. The summed E-state index contributed by atoms with van der Waals surface area (Å²) in [6, 6.07) is 4.13. The molecule has 3 rings (SSSR count). The highest BCUT2D eigenvalue weighted by Gasteiger charge is 2.08. The van der Waals surface area contributed by atoms with Crippen LogP contribution in [0.2, 0.25) is 0 Å². The van der Waals surface area contributed by atoms with Crippen molar-refractivity contribution in [2.24, 2.45) is 0 Å². The van der Waals surface area contributed by atoms with Crippen LogP contribution in [-0.4, -0.2) is 15.9 Å². The van der Waals surface area contributed by atoms with E-state index < -0.39 is 0 Å². The minimum atomic E-state index is 0.858. The Balaban J connectivity index is 2.16. The minimum absolute atomic E-state index is 0.858. The van der Waals surface area contributed by atoms with E-state index in [4.69, 9.17) is 0 Å². The predicted molar refractivity (Wildman–Crippen MR) is 67.0 cm³/mol. The Morgan fingerprint density at radius 2 is 2.33 bits per heavy atom. The fourth-order valence-electron chi connectivity index (χ4n) is 1.66. The summed E-state index contributed by atoms with van der Waals surface area (Å²) in [5.74, 6) is 0. The van der Waals surface area contributed by atoms with Gasteiger partial charge < -0.3 is 5.43 Å². The van der Waals surface area contributed by atoms with Crippen molar-refractivity contribution < 1.29 is 0 Å². The number of hydrogen-bond acceptors (Lipinski definition) is 3. The summed E-state index contributed by atoms with van der Waals surface area (Å²) in [5.41, 5.74) is 9.52. The van der Waals surface area contributed by atoms with E-state index in [1.54, 1.807) is 0 Å². The van der Waals surface area contributed by atoms with Gasteiger partial charge in [-0.1, -0.05) is 0 Å². The molecule has 0 saturated heterocycles. The average Bonchev–Trinajstić information content (AvgIpc) is 2.88. The van der Waals surface area contributed by atoms with Crippen LogP contribution in [0.3, 0.4) is 0 Å². The van der Waals surface area contributed by atoms with Gasteiger partial charge in [-0.2, -0.15) is 0 Å². The largest absolute Gasteiger partial charge is 0.328 e. The van der Waals surface area contributed by atoms with E-state index in [1.165, 1.54) is 11.1 Å². The van der Waals surface area contributed by atoms with Crippen molar-refractivity contribution in [3.63, 3.8) is 0 Å². The smallest absolute Gasteiger partial charge is 0.137 e. The molecule has 0 atom stereocenters. The van der Waals surface area contributed by atoms with Gasteiger partial charge in [0.05, 0.1) is 6.20 Å². The number of nitrogens with one attached hydrogen (secondary N) is 2. The fourth-order valence-corrected chi connectivity index (χ4v) is 2.19. The van der Waals surface area contributed by atoms with Gasteiger partial charge >= 0.3 is 0 Å². The van der Waals surface area contributed by atoms with Crippen LogP contribution in [0.5, 0.6) is 0 Å². The molecule has 0 spiro atoms. The number of imidazole rings is 1. The Kier molecular flexibility index (Phi) is 2.14. The molecule has 0 fully saturated rings. The zero-order valence-corrected chi connectivity index (χ0v) is 10.0. The molecule has 76 valence electrons. The van der Waals surface area contributed by atoms with Crippen LogP contribution < -0.4 is 10.9 Å². The van der Waals surface area contributed by atoms with Crippen molar-refractivity contribution in [1.82, 2.24) is 20.2 Å². The summed E-state index contributed by atoms with van der Waals surface area (Å²) in [4.78, 5) is 4.29. The summed E-state index contributed by atoms with van der Waals surface area (Å²) in [5, 5.41) is 0. The molecule has 1 aliphatic heterocycles. The maximum atomic E-state index is 4.29. The van der Waals surface area contributed by atoms with Crippen molar-refractivity contribution in [3.8, 4) is 0 Å². The molecule has 15 heavy (non-hydrogen) atoms. The molecule has 4 nitrogen and oxygen atoms in total. The quantitative estimate of drug-likeness (QED) is 0.782. The molecule has 2 aromatic heterocycles. The summed E-state index contributed by atoms with van der Waals surface area (Å²) in [6.07, 6.45) is 5.98. The SMILES string of the molecule is Ic1cnc2ccc(C3=CNNC3)cn12. The molecule has 0 unspecified atom stereocenters. The van der Waals surface area contributed by atoms with E-state index in [0.717, 1.165) is 15.9 Å². The van der Waals surface area contributed by atoms with E-state index in [9.17, 15) is 0 Å². The summed E-state index contributed by atoms with van der Waals surface area (Å²) < 4.78 is 3.22. The third-order valence-electron chi connectivity index (χ3n) is 2.46. The molecule has 5 heteroatoms. The average molecular weight is 312 g/mol. The number of nitrogens with zero attached hydrogens (tertiary/aromatic N) is 2. The lowest BCUT2D eigenvalue weighted by Crippen LogP contribution is -2.20. The van der Waals surface area contributed by atoms with E-state index >= 15 is 0 Å².